The van der Waals surface area contributed by atoms with E-state index in [1.807, 2.05) is 106 Å². The summed E-state index contributed by atoms with van der Waals surface area (Å²) < 4.78 is 18.8. The predicted molar refractivity (Wildman–Crippen MR) is 143 cm³/mol. The molecule has 6 heteroatoms. The van der Waals surface area contributed by atoms with Gasteiger partial charge < -0.3 is 14.2 Å². The summed E-state index contributed by atoms with van der Waals surface area (Å²) in [6, 6.07) is 9.69. The van der Waals surface area contributed by atoms with E-state index >= 15 is 0 Å². The van der Waals surface area contributed by atoms with E-state index < -0.39 is 11.2 Å². The number of ether oxygens (including phenoxy) is 3. The zero-order chi connectivity index (χ0) is 24.5. The van der Waals surface area contributed by atoms with Crippen molar-refractivity contribution in [2.45, 2.75) is 93.0 Å². The van der Waals surface area contributed by atoms with Crippen LogP contribution in [-0.2, 0) is 0 Å². The summed E-state index contributed by atoms with van der Waals surface area (Å²) in [6.45, 7) is 21.9. The molecule has 0 aliphatic rings. The molecule has 1 atom stereocenters. The van der Waals surface area contributed by atoms with E-state index in [-0.39, 0.29) is 38.6 Å². The molecule has 0 aliphatic carbocycles. The molecule has 0 aromatic heterocycles. The van der Waals surface area contributed by atoms with Crippen molar-refractivity contribution in [1.82, 2.24) is 0 Å². The first kappa shape index (κ1) is 29.6. The van der Waals surface area contributed by atoms with Crippen molar-refractivity contribution < 1.29 is 19.0 Å². The number of benzene rings is 2. The van der Waals surface area contributed by atoms with Crippen LogP contribution >= 0.6 is 8.58 Å². The average molecular weight is 467 g/mol. The Balaban J connectivity index is 0.00000544. The Morgan fingerprint density at radius 1 is 0.727 bits per heavy atom. The Morgan fingerprint density at radius 3 is 1.48 bits per heavy atom. The van der Waals surface area contributed by atoms with Gasteiger partial charge in [-0.3, -0.25) is 4.79 Å². The van der Waals surface area contributed by atoms with Crippen LogP contribution < -0.4 is 19.5 Å². The summed E-state index contributed by atoms with van der Waals surface area (Å²) >= 11 is 0. The SMILES string of the molecule is Cc1cccc(C)c1C(=O)Pc1c(OC(C)(C)C)cc(OC(C)(C)C)cc1OC(C)(C)C.[LiH]. The van der Waals surface area contributed by atoms with Gasteiger partial charge in [0.2, 0.25) is 0 Å². The van der Waals surface area contributed by atoms with E-state index in [1.54, 1.807) is 0 Å². The van der Waals surface area contributed by atoms with Crippen molar-refractivity contribution in [2.75, 3.05) is 0 Å². The normalized spacial score (nSPS) is 12.5. The van der Waals surface area contributed by atoms with Crippen molar-refractivity contribution in [3.05, 3.63) is 47.0 Å². The first-order valence-corrected chi connectivity index (χ1v) is 12.1. The fourth-order valence-corrected chi connectivity index (χ4v) is 4.51. The van der Waals surface area contributed by atoms with Crippen LogP contribution in [0, 0.1) is 13.8 Å². The van der Waals surface area contributed by atoms with E-state index in [4.69, 9.17) is 14.2 Å². The molecule has 0 saturated heterocycles. The standard InChI is InChI=1S/C27H39O4P.Li.H/c1-17-13-12-14-18(2)22(17)24(28)32-23-20(30-26(6,7)8)15-19(29-25(3,4)5)16-21(23)31-27(9,10)11;;/h12-16,32H,1-11H3;;. The molecule has 2 rings (SSSR count). The second kappa shape index (κ2) is 10.9. The van der Waals surface area contributed by atoms with Gasteiger partial charge in [-0.2, -0.15) is 0 Å². The fraction of sp³-hybridized carbons (Fsp3) is 0.519. The second-order valence-electron chi connectivity index (χ2n) is 11.2. The fourth-order valence-electron chi connectivity index (χ4n) is 3.27. The minimum atomic E-state index is -0.444. The molecular formula is C27H40LiO4P. The zero-order valence-corrected chi connectivity index (χ0v) is 22.5. The van der Waals surface area contributed by atoms with Gasteiger partial charge in [0, 0.05) is 17.7 Å². The number of carbonyl (C=O) groups excluding carboxylic acids is 1. The van der Waals surface area contributed by atoms with Crippen LogP contribution in [-0.4, -0.2) is 41.2 Å². The summed E-state index contributed by atoms with van der Waals surface area (Å²) in [7, 11) is -0.142. The average Bonchev–Trinajstić information content (AvgIpc) is 2.53. The van der Waals surface area contributed by atoms with Gasteiger partial charge in [0.25, 0.3) is 0 Å². The van der Waals surface area contributed by atoms with Crippen molar-refractivity contribution in [3.63, 3.8) is 0 Å². The molecule has 0 bridgehead atoms. The molecule has 0 fully saturated rings. The second-order valence-corrected chi connectivity index (χ2v) is 12.4. The third-order valence-electron chi connectivity index (χ3n) is 4.24. The predicted octanol–water partition coefficient (Wildman–Crippen LogP) is 6.33. The van der Waals surface area contributed by atoms with Gasteiger partial charge in [-0.1, -0.05) is 18.2 Å². The molecule has 178 valence electrons. The van der Waals surface area contributed by atoms with E-state index in [0.29, 0.717) is 17.2 Å². The number of carbonyl (C=O) groups is 1. The Hall–Kier alpha value is -1.46. The monoisotopic (exact) mass is 466 g/mol. The number of hydrogen-bond donors (Lipinski definition) is 0. The van der Waals surface area contributed by atoms with Crippen molar-refractivity contribution in [3.8, 4) is 17.2 Å². The number of rotatable bonds is 6. The Morgan fingerprint density at radius 2 is 1.12 bits per heavy atom. The molecular weight excluding hydrogens is 426 g/mol. The summed E-state index contributed by atoms with van der Waals surface area (Å²) in [6.07, 6.45) is 0. The van der Waals surface area contributed by atoms with Gasteiger partial charge in [-0.25, -0.2) is 0 Å². The summed E-state index contributed by atoms with van der Waals surface area (Å²) in [5.74, 6) is 1.90. The Kier molecular flexibility index (Phi) is 9.73. The van der Waals surface area contributed by atoms with E-state index in [9.17, 15) is 4.79 Å². The third kappa shape index (κ3) is 9.36. The van der Waals surface area contributed by atoms with E-state index in [2.05, 4.69) is 0 Å². The molecule has 0 radical (unpaired) electrons. The molecule has 0 saturated carbocycles. The van der Waals surface area contributed by atoms with E-state index in [1.165, 1.54) is 0 Å². The molecule has 33 heavy (non-hydrogen) atoms. The third-order valence-corrected chi connectivity index (χ3v) is 5.46. The molecule has 0 amide bonds. The van der Waals surface area contributed by atoms with Crippen LogP contribution in [0.5, 0.6) is 17.2 Å². The molecule has 1 unspecified atom stereocenters. The summed E-state index contributed by atoms with van der Waals surface area (Å²) in [4.78, 5) is 13.5. The molecule has 2 aromatic rings. The summed E-state index contributed by atoms with van der Waals surface area (Å²) in [5, 5.41) is 0.767. The minimum absolute atomic E-state index is 0. The first-order valence-electron chi connectivity index (χ1n) is 11.1. The van der Waals surface area contributed by atoms with Crippen LogP contribution in [0.2, 0.25) is 0 Å². The van der Waals surface area contributed by atoms with Crippen LogP contribution in [0.4, 0.5) is 0 Å². The Labute approximate surface area is 214 Å². The van der Waals surface area contributed by atoms with Gasteiger partial charge in [-0.05, 0) is 95.9 Å². The van der Waals surface area contributed by atoms with Crippen LogP contribution in [0.25, 0.3) is 0 Å². The maximum atomic E-state index is 13.5. The molecule has 0 N–H and O–H groups in total. The van der Waals surface area contributed by atoms with Crippen molar-refractivity contribution in [2.24, 2.45) is 0 Å². The quantitative estimate of drug-likeness (QED) is 0.369. The first-order chi connectivity index (χ1) is 14.5. The number of hydrogen-bond acceptors (Lipinski definition) is 4. The topological polar surface area (TPSA) is 44.8 Å². The molecule has 2 aromatic carbocycles. The molecule has 0 spiro atoms. The van der Waals surface area contributed by atoms with Gasteiger partial charge in [0.1, 0.15) is 34.1 Å². The van der Waals surface area contributed by atoms with E-state index in [0.717, 1.165) is 22.0 Å². The number of aryl methyl sites for hydroxylation is 2. The maximum absolute atomic E-state index is 13.5. The van der Waals surface area contributed by atoms with Gasteiger partial charge in [0.15, 0.2) is 5.52 Å². The molecule has 0 heterocycles. The van der Waals surface area contributed by atoms with Gasteiger partial charge in [-0.15, -0.1) is 0 Å². The van der Waals surface area contributed by atoms with Crippen molar-refractivity contribution >= 4 is 38.3 Å². The van der Waals surface area contributed by atoms with Gasteiger partial charge in [0.05, 0.1) is 5.30 Å². The molecule has 4 nitrogen and oxygen atoms in total. The molecule has 0 aliphatic heterocycles. The van der Waals surface area contributed by atoms with Crippen LogP contribution in [0.3, 0.4) is 0 Å². The zero-order valence-electron chi connectivity index (χ0n) is 21.5. The van der Waals surface area contributed by atoms with Crippen molar-refractivity contribution in [1.29, 1.82) is 0 Å². The van der Waals surface area contributed by atoms with Crippen LogP contribution in [0.1, 0.15) is 83.8 Å². The van der Waals surface area contributed by atoms with Gasteiger partial charge >= 0.3 is 18.9 Å². The Bertz CT molecular complexity index is 922. The van der Waals surface area contributed by atoms with Crippen LogP contribution in [0.15, 0.2) is 30.3 Å². The summed E-state index contributed by atoms with van der Waals surface area (Å²) in [5.41, 5.74) is 1.53.